The van der Waals surface area contributed by atoms with E-state index in [9.17, 15) is 0 Å². The molecule has 0 aromatic heterocycles. The van der Waals surface area contributed by atoms with Gasteiger partial charge in [0.1, 0.15) is 0 Å². The zero-order valence-corrected chi connectivity index (χ0v) is 12.9. The Kier molecular flexibility index (Phi) is 27.2. The van der Waals surface area contributed by atoms with Crippen LogP contribution in [0, 0.1) is 0 Å². The predicted molar refractivity (Wildman–Crippen MR) is 66.4 cm³/mol. The van der Waals surface area contributed by atoms with Crippen molar-refractivity contribution in [3.63, 3.8) is 0 Å². The molecule has 85 valence electrons. The SMILES string of the molecule is C[N-]C.C[N-]C.C[N-]CC1=CC=CC1.[Zr+3]. The molecule has 0 atom stereocenters. The summed E-state index contributed by atoms with van der Waals surface area (Å²) in [6.07, 6.45) is 7.48. The smallest absolute Gasteiger partial charge is 0.668 e. The molecule has 0 bridgehead atoms. The maximum atomic E-state index is 4.01. The largest absolute Gasteiger partial charge is 3.00 e. The second-order valence-corrected chi connectivity index (χ2v) is 2.83. The molecule has 0 amide bonds. The second kappa shape index (κ2) is 19.8. The van der Waals surface area contributed by atoms with E-state index >= 15 is 0 Å². The van der Waals surface area contributed by atoms with E-state index in [0.29, 0.717) is 0 Å². The van der Waals surface area contributed by atoms with Gasteiger partial charge in [-0.05, 0) is 6.42 Å². The van der Waals surface area contributed by atoms with Crippen molar-refractivity contribution in [2.75, 3.05) is 41.8 Å². The fraction of sp³-hybridized carbons (Fsp3) is 0.636. The molecular weight excluding hydrogens is 265 g/mol. The molecule has 1 aliphatic carbocycles. The summed E-state index contributed by atoms with van der Waals surface area (Å²) in [4.78, 5) is 0. The van der Waals surface area contributed by atoms with Crippen LogP contribution in [0.2, 0.25) is 0 Å². The van der Waals surface area contributed by atoms with Crippen LogP contribution in [0.4, 0.5) is 0 Å². The van der Waals surface area contributed by atoms with Crippen molar-refractivity contribution in [1.82, 2.24) is 0 Å². The Labute approximate surface area is 114 Å². The first kappa shape index (κ1) is 20.6. The van der Waals surface area contributed by atoms with Crippen LogP contribution in [0.15, 0.2) is 23.8 Å². The first-order chi connectivity index (χ1) is 6.76. The van der Waals surface area contributed by atoms with Crippen LogP contribution in [0.1, 0.15) is 6.42 Å². The summed E-state index contributed by atoms with van der Waals surface area (Å²) < 4.78 is 0. The molecule has 0 saturated carbocycles. The van der Waals surface area contributed by atoms with Crippen molar-refractivity contribution in [2.24, 2.45) is 0 Å². The molecule has 3 nitrogen and oxygen atoms in total. The van der Waals surface area contributed by atoms with Crippen molar-refractivity contribution in [3.8, 4) is 0 Å². The van der Waals surface area contributed by atoms with E-state index in [0.717, 1.165) is 13.0 Å². The van der Waals surface area contributed by atoms with Crippen molar-refractivity contribution >= 4 is 0 Å². The van der Waals surface area contributed by atoms with Gasteiger partial charge in [-0.1, -0.05) is 23.8 Å². The third-order valence-electron chi connectivity index (χ3n) is 1.21. The molecule has 4 heteroatoms. The topological polar surface area (TPSA) is 42.3 Å². The normalized spacial score (nSPS) is 11.4. The molecule has 0 aromatic rings. The zero-order valence-electron chi connectivity index (χ0n) is 10.5. The summed E-state index contributed by atoms with van der Waals surface area (Å²) >= 11 is 0. The van der Waals surface area contributed by atoms with E-state index < -0.39 is 0 Å². The zero-order chi connectivity index (χ0) is 11.2. The van der Waals surface area contributed by atoms with E-state index in [4.69, 9.17) is 0 Å². The molecule has 0 aliphatic heterocycles. The molecule has 1 aliphatic rings. The Bertz CT molecular complexity index is 154. The van der Waals surface area contributed by atoms with Crippen LogP contribution in [0.25, 0.3) is 16.0 Å². The minimum absolute atomic E-state index is 0. The van der Waals surface area contributed by atoms with Crippen LogP contribution >= 0.6 is 0 Å². The summed E-state index contributed by atoms with van der Waals surface area (Å²) in [6.45, 7) is 0.910. The van der Waals surface area contributed by atoms with Gasteiger partial charge in [0.05, 0.1) is 0 Å². The number of hydrogen-bond acceptors (Lipinski definition) is 0. The number of hydrogen-bond donors (Lipinski definition) is 0. The minimum atomic E-state index is 0. The summed E-state index contributed by atoms with van der Waals surface area (Å²) in [5.41, 5.74) is 1.42. The Morgan fingerprint density at radius 1 is 1.07 bits per heavy atom. The number of nitrogens with zero attached hydrogens (tertiary/aromatic N) is 3. The van der Waals surface area contributed by atoms with Gasteiger partial charge in [0.15, 0.2) is 0 Å². The molecule has 0 saturated heterocycles. The monoisotopic (exact) mass is 286 g/mol. The summed E-state index contributed by atoms with van der Waals surface area (Å²) in [6, 6.07) is 0. The average Bonchev–Trinajstić information content (AvgIpc) is 2.60. The quantitative estimate of drug-likeness (QED) is 0.749. The fourth-order valence-corrected chi connectivity index (χ4v) is 0.812. The van der Waals surface area contributed by atoms with E-state index in [2.05, 4.69) is 34.2 Å². The number of allylic oxidation sites excluding steroid dienone is 3. The first-order valence-electron chi connectivity index (χ1n) is 4.62. The summed E-state index contributed by atoms with van der Waals surface area (Å²) in [7, 11) is 8.85. The van der Waals surface area contributed by atoms with Gasteiger partial charge in [-0.15, -0.1) is 6.54 Å². The van der Waals surface area contributed by atoms with E-state index in [1.807, 2.05) is 7.05 Å². The van der Waals surface area contributed by atoms with Crippen molar-refractivity contribution in [3.05, 3.63) is 39.8 Å². The standard InChI is InChI=1S/C7H10N.2C2H6N.Zr/c1-8-6-7-4-2-3-5-7;2*1-3-2;/h2-4H,5-6H2,1H3;2*1-2H3;/q3*-1;+3. The Morgan fingerprint density at radius 3 is 1.80 bits per heavy atom. The molecule has 0 unspecified atom stereocenters. The van der Waals surface area contributed by atoms with Gasteiger partial charge in [-0.25, -0.2) is 0 Å². The van der Waals surface area contributed by atoms with Gasteiger partial charge < -0.3 is 16.0 Å². The van der Waals surface area contributed by atoms with E-state index in [-0.39, 0.29) is 26.2 Å². The Morgan fingerprint density at radius 2 is 1.53 bits per heavy atom. The Balaban J connectivity index is -0.000000177. The van der Waals surface area contributed by atoms with Crippen LogP contribution in [-0.2, 0) is 26.2 Å². The summed E-state index contributed by atoms with van der Waals surface area (Å²) in [5, 5.41) is 11.0. The van der Waals surface area contributed by atoms with Crippen molar-refractivity contribution in [2.45, 2.75) is 6.42 Å². The molecule has 15 heavy (non-hydrogen) atoms. The molecule has 1 rings (SSSR count). The van der Waals surface area contributed by atoms with Gasteiger partial charge in [0, 0.05) is 0 Å². The number of likely N-dealkylation sites (N-methyl/N-ethyl adjacent to an activating group) is 1. The van der Waals surface area contributed by atoms with Gasteiger partial charge in [0.2, 0.25) is 0 Å². The molecule has 0 fully saturated rings. The molecular formula is C11H22N3Zr. The third kappa shape index (κ3) is 20.3. The third-order valence-corrected chi connectivity index (χ3v) is 1.21. The van der Waals surface area contributed by atoms with Gasteiger partial charge in [0.25, 0.3) is 0 Å². The predicted octanol–water partition coefficient (Wildman–Crippen LogP) is 3.11. The minimum Gasteiger partial charge on any atom is -0.668 e. The maximum absolute atomic E-state index is 4.01. The molecule has 0 spiro atoms. The van der Waals surface area contributed by atoms with E-state index in [1.165, 1.54) is 5.57 Å². The fourth-order valence-electron chi connectivity index (χ4n) is 0.812. The molecule has 0 heterocycles. The van der Waals surface area contributed by atoms with Crippen LogP contribution in [-0.4, -0.2) is 41.8 Å². The Hall–Kier alpha value is 0.243. The van der Waals surface area contributed by atoms with Crippen molar-refractivity contribution in [1.29, 1.82) is 0 Å². The van der Waals surface area contributed by atoms with Crippen LogP contribution < -0.4 is 0 Å². The maximum Gasteiger partial charge on any atom is 3.00 e. The first-order valence-corrected chi connectivity index (χ1v) is 4.62. The molecule has 1 radical (unpaired) electrons. The van der Waals surface area contributed by atoms with E-state index in [1.54, 1.807) is 28.2 Å². The average molecular weight is 288 g/mol. The van der Waals surface area contributed by atoms with Gasteiger partial charge in [-0.2, -0.15) is 35.2 Å². The summed E-state index contributed by atoms with van der Waals surface area (Å²) in [5.74, 6) is 0. The van der Waals surface area contributed by atoms with Gasteiger partial charge >= 0.3 is 26.2 Å². The van der Waals surface area contributed by atoms with Crippen LogP contribution in [0.5, 0.6) is 0 Å². The second-order valence-electron chi connectivity index (χ2n) is 2.83. The molecule has 0 N–H and O–H groups in total. The van der Waals surface area contributed by atoms with Gasteiger partial charge in [-0.3, -0.25) is 0 Å². The van der Waals surface area contributed by atoms with Crippen molar-refractivity contribution < 1.29 is 26.2 Å². The molecule has 0 aromatic carbocycles. The van der Waals surface area contributed by atoms with Crippen LogP contribution in [0.3, 0.4) is 0 Å². The number of rotatable bonds is 2.